The lowest BCUT2D eigenvalue weighted by Crippen LogP contribution is -1.97. The fourth-order valence-corrected chi connectivity index (χ4v) is 3.30. The van der Waals surface area contributed by atoms with E-state index >= 15 is 0 Å². The second-order valence-corrected chi connectivity index (χ2v) is 5.78. The van der Waals surface area contributed by atoms with E-state index in [0.717, 1.165) is 11.3 Å². The highest BCUT2D eigenvalue weighted by Crippen LogP contribution is 2.40. The summed E-state index contributed by atoms with van der Waals surface area (Å²) in [5, 5.41) is 10.2. The van der Waals surface area contributed by atoms with Gasteiger partial charge in [0.25, 0.3) is 0 Å². The number of ether oxygens (including phenoxy) is 2. The summed E-state index contributed by atoms with van der Waals surface area (Å²) in [5.41, 5.74) is 1.28. The maximum Gasteiger partial charge on any atom is 0.347 e. The third kappa shape index (κ3) is 3.18. The number of carboxylic acids is 1. The molecule has 0 fully saturated rings. The fourth-order valence-electron chi connectivity index (χ4n) is 2.03. The molecule has 0 amide bonds. The monoisotopic (exact) mass is 341 g/mol. The van der Waals surface area contributed by atoms with Crippen LogP contribution in [-0.2, 0) is 6.42 Å². The number of nitrogens with zero attached hydrogens (tertiary/aromatic N) is 1. The van der Waals surface area contributed by atoms with Crippen LogP contribution in [0, 0.1) is 0 Å². The predicted octanol–water partition coefficient (Wildman–Crippen LogP) is 4.13. The molecular formula is C15H16ClNO4S. The van der Waals surface area contributed by atoms with Gasteiger partial charge in [0, 0.05) is 5.56 Å². The molecule has 0 bridgehead atoms. The minimum atomic E-state index is -0.967. The van der Waals surface area contributed by atoms with Crippen LogP contribution in [0.15, 0.2) is 12.1 Å². The maximum atomic E-state index is 11.3. The number of carboxylic acid groups (broad SMARTS) is 1. The molecule has 0 spiro atoms. The molecule has 2 rings (SSSR count). The van der Waals surface area contributed by atoms with Gasteiger partial charge in [0.1, 0.15) is 9.88 Å². The highest BCUT2D eigenvalue weighted by atomic mass is 35.5. The number of halogens is 1. The summed E-state index contributed by atoms with van der Waals surface area (Å²) in [6.07, 6.45) is 0.556. The lowest BCUT2D eigenvalue weighted by atomic mass is 10.2. The first-order valence-corrected chi connectivity index (χ1v) is 7.94. The van der Waals surface area contributed by atoms with E-state index in [1.807, 2.05) is 13.8 Å². The van der Waals surface area contributed by atoms with Crippen molar-refractivity contribution >= 4 is 28.9 Å². The molecule has 5 nitrogen and oxygen atoms in total. The molecule has 1 heterocycles. The number of aryl methyl sites for hydroxylation is 1. The predicted molar refractivity (Wildman–Crippen MR) is 86.6 cm³/mol. The molecular weight excluding hydrogens is 326 g/mol. The minimum Gasteiger partial charge on any atom is -0.491 e. The normalized spacial score (nSPS) is 10.5. The zero-order chi connectivity index (χ0) is 16.3. The summed E-state index contributed by atoms with van der Waals surface area (Å²) in [7, 11) is 1.52. The molecule has 1 aromatic carbocycles. The Balaban J connectivity index is 2.55. The third-order valence-corrected chi connectivity index (χ3v) is 4.40. The summed E-state index contributed by atoms with van der Waals surface area (Å²) in [6.45, 7) is 4.20. The summed E-state index contributed by atoms with van der Waals surface area (Å²) < 4.78 is 10.8. The van der Waals surface area contributed by atoms with Crippen LogP contribution < -0.4 is 9.47 Å². The maximum absolute atomic E-state index is 11.3. The average Bonchev–Trinajstić information content (AvgIpc) is 2.91. The number of hydrogen-bond donors (Lipinski definition) is 1. The Morgan fingerprint density at radius 1 is 1.41 bits per heavy atom. The first-order chi connectivity index (χ1) is 10.5. The Kier molecular flexibility index (Phi) is 5.26. The van der Waals surface area contributed by atoms with Gasteiger partial charge < -0.3 is 14.6 Å². The second kappa shape index (κ2) is 6.98. The zero-order valence-corrected chi connectivity index (χ0v) is 14.0. The Morgan fingerprint density at radius 2 is 2.14 bits per heavy atom. The summed E-state index contributed by atoms with van der Waals surface area (Å²) in [6, 6.07) is 3.46. The van der Waals surface area contributed by atoms with E-state index in [1.54, 1.807) is 12.1 Å². The zero-order valence-electron chi connectivity index (χ0n) is 12.5. The van der Waals surface area contributed by atoms with Crippen LogP contribution >= 0.6 is 22.9 Å². The van der Waals surface area contributed by atoms with Crippen LogP contribution in [0.4, 0.5) is 0 Å². The lowest BCUT2D eigenvalue weighted by molar-refractivity contribution is 0.0701. The molecule has 0 aliphatic rings. The third-order valence-electron chi connectivity index (χ3n) is 2.99. The van der Waals surface area contributed by atoms with Gasteiger partial charge in [0.15, 0.2) is 11.5 Å². The molecule has 0 radical (unpaired) electrons. The number of carbonyl (C=O) groups is 1. The van der Waals surface area contributed by atoms with Crippen LogP contribution in [0.2, 0.25) is 5.02 Å². The van der Waals surface area contributed by atoms with Gasteiger partial charge in [-0.2, -0.15) is 0 Å². The van der Waals surface area contributed by atoms with Crippen molar-refractivity contribution in [2.24, 2.45) is 0 Å². The van der Waals surface area contributed by atoms with Gasteiger partial charge in [-0.1, -0.05) is 18.5 Å². The van der Waals surface area contributed by atoms with Gasteiger partial charge in [0.05, 0.1) is 24.4 Å². The largest absolute Gasteiger partial charge is 0.491 e. The minimum absolute atomic E-state index is 0.252. The summed E-state index contributed by atoms with van der Waals surface area (Å²) in [5.74, 6) is 0.000796. The highest BCUT2D eigenvalue weighted by Gasteiger charge is 2.19. The summed E-state index contributed by atoms with van der Waals surface area (Å²) in [4.78, 5) is 15.9. The van der Waals surface area contributed by atoms with Gasteiger partial charge in [0.2, 0.25) is 0 Å². The van der Waals surface area contributed by atoms with Gasteiger partial charge in [-0.15, -0.1) is 11.3 Å². The van der Waals surface area contributed by atoms with Crippen molar-refractivity contribution in [3.8, 4) is 22.1 Å². The van der Waals surface area contributed by atoms with E-state index in [4.69, 9.17) is 21.1 Å². The van der Waals surface area contributed by atoms with Crippen molar-refractivity contribution < 1.29 is 19.4 Å². The Bertz CT molecular complexity index is 699. The Morgan fingerprint density at radius 3 is 2.64 bits per heavy atom. The SMILES string of the molecule is CCOc1cc(-c2nc(CC)c(C(=O)O)s2)cc(Cl)c1OC. The molecule has 0 aliphatic carbocycles. The van der Waals surface area contributed by atoms with Crippen LogP contribution in [0.1, 0.15) is 29.2 Å². The fraction of sp³-hybridized carbons (Fsp3) is 0.333. The van der Waals surface area contributed by atoms with Gasteiger partial charge in [-0.25, -0.2) is 9.78 Å². The molecule has 1 aromatic heterocycles. The van der Waals surface area contributed by atoms with Gasteiger partial charge in [-0.3, -0.25) is 0 Å². The van der Waals surface area contributed by atoms with E-state index < -0.39 is 5.97 Å². The van der Waals surface area contributed by atoms with E-state index in [0.29, 0.717) is 45.8 Å². The molecule has 0 aliphatic heterocycles. The van der Waals surface area contributed by atoms with Crippen LogP contribution in [-0.4, -0.2) is 29.8 Å². The lowest BCUT2D eigenvalue weighted by Gasteiger charge is -2.12. The highest BCUT2D eigenvalue weighted by molar-refractivity contribution is 7.17. The smallest absolute Gasteiger partial charge is 0.347 e. The number of methoxy groups -OCH3 is 1. The molecule has 1 N–H and O–H groups in total. The molecule has 0 saturated carbocycles. The van der Waals surface area contributed by atoms with Gasteiger partial charge in [-0.05, 0) is 25.5 Å². The van der Waals surface area contributed by atoms with Crippen molar-refractivity contribution in [1.29, 1.82) is 0 Å². The van der Waals surface area contributed by atoms with Crippen LogP contribution in [0.3, 0.4) is 0 Å². The van der Waals surface area contributed by atoms with Crippen molar-refractivity contribution in [2.45, 2.75) is 20.3 Å². The molecule has 2 aromatic rings. The molecule has 7 heteroatoms. The summed E-state index contributed by atoms with van der Waals surface area (Å²) >= 11 is 7.35. The van der Waals surface area contributed by atoms with E-state index in [1.165, 1.54) is 7.11 Å². The number of aromatic nitrogens is 1. The Labute approximate surface area is 137 Å². The van der Waals surface area contributed by atoms with Crippen molar-refractivity contribution in [3.05, 3.63) is 27.7 Å². The van der Waals surface area contributed by atoms with Crippen LogP contribution in [0.5, 0.6) is 11.5 Å². The van der Waals surface area contributed by atoms with Crippen molar-refractivity contribution in [1.82, 2.24) is 4.98 Å². The van der Waals surface area contributed by atoms with E-state index in [-0.39, 0.29) is 4.88 Å². The topological polar surface area (TPSA) is 68.7 Å². The van der Waals surface area contributed by atoms with Crippen molar-refractivity contribution in [2.75, 3.05) is 13.7 Å². The quantitative estimate of drug-likeness (QED) is 0.855. The van der Waals surface area contributed by atoms with E-state index in [2.05, 4.69) is 4.98 Å². The number of thiazole rings is 1. The number of hydrogen-bond acceptors (Lipinski definition) is 5. The van der Waals surface area contributed by atoms with Gasteiger partial charge >= 0.3 is 5.97 Å². The molecule has 22 heavy (non-hydrogen) atoms. The Hall–Kier alpha value is -1.79. The number of rotatable bonds is 6. The second-order valence-electron chi connectivity index (χ2n) is 4.38. The average molecular weight is 342 g/mol. The standard InChI is InChI=1S/C15H16ClNO4S/c1-4-10-13(15(18)19)22-14(17-10)8-6-9(16)12(20-3)11(7-8)21-5-2/h6-7H,4-5H2,1-3H3,(H,18,19). The molecule has 0 saturated heterocycles. The first-order valence-electron chi connectivity index (χ1n) is 6.75. The molecule has 118 valence electrons. The number of benzene rings is 1. The number of aromatic carboxylic acids is 1. The van der Waals surface area contributed by atoms with Crippen LogP contribution in [0.25, 0.3) is 10.6 Å². The molecule has 0 atom stereocenters. The molecule has 0 unspecified atom stereocenters. The van der Waals surface area contributed by atoms with Crippen molar-refractivity contribution in [3.63, 3.8) is 0 Å². The van der Waals surface area contributed by atoms with E-state index in [9.17, 15) is 9.90 Å². The first kappa shape index (κ1) is 16.6.